The number of likely N-dealkylation sites (tertiary alicyclic amines) is 1. The van der Waals surface area contributed by atoms with Crippen molar-refractivity contribution in [1.82, 2.24) is 14.7 Å². The molecule has 11 nitrogen and oxygen atoms in total. The Bertz CT molecular complexity index is 1200. The second-order valence-electron chi connectivity index (χ2n) is 9.53. The highest BCUT2D eigenvalue weighted by Gasteiger charge is 2.42. The molecule has 2 unspecified atom stereocenters. The lowest BCUT2D eigenvalue weighted by Crippen LogP contribution is -2.54. The Hall–Kier alpha value is -3.70. The van der Waals surface area contributed by atoms with Crippen LogP contribution in [-0.2, 0) is 11.3 Å². The second-order valence-corrected chi connectivity index (χ2v) is 9.53. The first-order chi connectivity index (χ1) is 18.4. The van der Waals surface area contributed by atoms with Gasteiger partial charge in [-0.2, -0.15) is 0 Å². The molecule has 0 aromatic heterocycles. The Kier molecular flexibility index (Phi) is 7.48. The van der Waals surface area contributed by atoms with E-state index in [1.165, 1.54) is 4.90 Å². The van der Waals surface area contributed by atoms with E-state index in [-0.39, 0.29) is 31.6 Å². The number of amides is 2. The molecular weight excluding hydrogens is 494 g/mol. The molecule has 38 heavy (non-hydrogen) atoms. The van der Waals surface area contributed by atoms with Gasteiger partial charge in [0.15, 0.2) is 23.0 Å². The van der Waals surface area contributed by atoms with E-state index in [1.54, 1.807) is 44.4 Å². The summed E-state index contributed by atoms with van der Waals surface area (Å²) in [6.07, 6.45) is -0.529. The normalized spacial score (nSPS) is 20.9. The largest absolute Gasteiger partial charge is 0.493 e. The van der Waals surface area contributed by atoms with Crippen LogP contribution in [0.5, 0.6) is 28.7 Å². The van der Waals surface area contributed by atoms with Crippen LogP contribution >= 0.6 is 0 Å². The molecule has 2 aromatic carbocycles. The summed E-state index contributed by atoms with van der Waals surface area (Å²) in [5, 5.41) is 10.4. The van der Waals surface area contributed by atoms with Gasteiger partial charge in [-0.3, -0.25) is 14.5 Å². The minimum absolute atomic E-state index is 0.112. The molecule has 2 atom stereocenters. The number of carbonyl (C=O) groups is 2. The van der Waals surface area contributed by atoms with Crippen LogP contribution in [0.2, 0.25) is 0 Å². The van der Waals surface area contributed by atoms with Gasteiger partial charge in [-0.1, -0.05) is 6.07 Å². The second kappa shape index (κ2) is 11.0. The molecule has 0 aliphatic carbocycles. The third-order valence-electron chi connectivity index (χ3n) is 7.31. The van der Waals surface area contributed by atoms with Crippen LogP contribution in [0.3, 0.4) is 0 Å². The van der Waals surface area contributed by atoms with Crippen LogP contribution in [0, 0.1) is 0 Å². The summed E-state index contributed by atoms with van der Waals surface area (Å²) in [7, 11) is 4.76. The lowest BCUT2D eigenvalue weighted by atomic mass is 10.1. The zero-order chi connectivity index (χ0) is 26.8. The quantitative estimate of drug-likeness (QED) is 0.571. The molecule has 0 radical (unpaired) electrons. The summed E-state index contributed by atoms with van der Waals surface area (Å²) in [6.45, 7) is 3.22. The van der Waals surface area contributed by atoms with Crippen LogP contribution in [0.1, 0.15) is 22.3 Å². The first kappa shape index (κ1) is 25.9. The van der Waals surface area contributed by atoms with Crippen LogP contribution in [0.4, 0.5) is 0 Å². The fourth-order valence-electron chi connectivity index (χ4n) is 5.33. The Morgan fingerprint density at radius 3 is 2.39 bits per heavy atom. The predicted molar refractivity (Wildman–Crippen MR) is 136 cm³/mol. The standard InChI is InChI=1S/C27H33N3O8/c1-34-22-7-5-18(24(35-2)25(22)36-3)14-28-8-10-29(11-9-28)27(33)20-13-19(31)15-30(20)26(32)17-4-6-21-23(12-17)38-16-37-21/h4-7,12,19-20,31H,8-11,13-16H2,1-3H3. The molecule has 3 aliphatic heterocycles. The van der Waals surface area contributed by atoms with Crippen molar-refractivity contribution in [3.8, 4) is 28.7 Å². The van der Waals surface area contributed by atoms with Crippen molar-refractivity contribution in [2.75, 3.05) is 60.8 Å². The van der Waals surface area contributed by atoms with Gasteiger partial charge in [0.1, 0.15) is 6.04 Å². The highest BCUT2D eigenvalue weighted by molar-refractivity contribution is 5.98. The molecule has 0 saturated carbocycles. The predicted octanol–water partition coefficient (Wildman–Crippen LogP) is 1.36. The number of aliphatic hydroxyl groups excluding tert-OH is 1. The summed E-state index contributed by atoms with van der Waals surface area (Å²) in [4.78, 5) is 32.3. The lowest BCUT2D eigenvalue weighted by molar-refractivity contribution is -0.137. The maximum absolute atomic E-state index is 13.5. The topological polar surface area (TPSA) is 110 Å². The van der Waals surface area contributed by atoms with Crippen molar-refractivity contribution in [3.63, 3.8) is 0 Å². The fourth-order valence-corrected chi connectivity index (χ4v) is 5.33. The smallest absolute Gasteiger partial charge is 0.254 e. The van der Waals surface area contributed by atoms with Crippen LogP contribution in [-0.4, -0.2) is 105 Å². The molecular formula is C27H33N3O8. The number of benzene rings is 2. The van der Waals surface area contributed by atoms with Gasteiger partial charge >= 0.3 is 0 Å². The summed E-state index contributed by atoms with van der Waals surface area (Å²) < 4.78 is 27.2. The maximum Gasteiger partial charge on any atom is 0.254 e. The monoisotopic (exact) mass is 527 g/mol. The fraction of sp³-hybridized carbons (Fsp3) is 0.481. The van der Waals surface area contributed by atoms with Crippen molar-refractivity contribution in [2.45, 2.75) is 25.1 Å². The van der Waals surface area contributed by atoms with E-state index in [0.29, 0.717) is 67.0 Å². The van der Waals surface area contributed by atoms with E-state index >= 15 is 0 Å². The van der Waals surface area contributed by atoms with Crippen molar-refractivity contribution in [2.24, 2.45) is 0 Å². The lowest BCUT2D eigenvalue weighted by Gasteiger charge is -2.37. The molecule has 204 valence electrons. The molecule has 1 N–H and O–H groups in total. The molecule has 5 rings (SSSR count). The number of carbonyl (C=O) groups excluding carboxylic acids is 2. The van der Waals surface area contributed by atoms with Crippen LogP contribution in [0.25, 0.3) is 0 Å². The molecule has 2 saturated heterocycles. The molecule has 3 aliphatic rings. The third-order valence-corrected chi connectivity index (χ3v) is 7.31. The zero-order valence-electron chi connectivity index (χ0n) is 21.8. The van der Waals surface area contributed by atoms with Crippen molar-refractivity contribution < 1.29 is 38.4 Å². The van der Waals surface area contributed by atoms with Gasteiger partial charge in [-0.05, 0) is 24.3 Å². The van der Waals surface area contributed by atoms with Crippen molar-refractivity contribution in [1.29, 1.82) is 0 Å². The molecule has 2 aromatic rings. The number of β-amino-alcohol motifs (C(OH)–C–C–N with tert-alkyl or cyclic N) is 1. The molecule has 0 spiro atoms. The Labute approximate surface area is 221 Å². The van der Waals surface area contributed by atoms with E-state index in [1.807, 2.05) is 12.1 Å². The van der Waals surface area contributed by atoms with Gasteiger partial charge in [-0.15, -0.1) is 0 Å². The van der Waals surface area contributed by atoms with Gasteiger partial charge in [0.05, 0.1) is 27.4 Å². The van der Waals surface area contributed by atoms with E-state index in [2.05, 4.69) is 4.90 Å². The number of hydrogen-bond acceptors (Lipinski definition) is 9. The molecule has 3 heterocycles. The minimum Gasteiger partial charge on any atom is -0.493 e. The number of ether oxygens (including phenoxy) is 5. The third kappa shape index (κ3) is 4.91. The van der Waals surface area contributed by atoms with E-state index in [4.69, 9.17) is 23.7 Å². The van der Waals surface area contributed by atoms with Crippen molar-refractivity contribution in [3.05, 3.63) is 41.5 Å². The minimum atomic E-state index is -0.749. The Morgan fingerprint density at radius 2 is 1.68 bits per heavy atom. The number of methoxy groups -OCH3 is 3. The summed E-state index contributed by atoms with van der Waals surface area (Å²) in [6, 6.07) is 8.07. The van der Waals surface area contributed by atoms with E-state index in [0.717, 1.165) is 5.56 Å². The highest BCUT2D eigenvalue weighted by atomic mass is 16.7. The average molecular weight is 528 g/mol. The van der Waals surface area contributed by atoms with Gasteiger partial charge < -0.3 is 38.6 Å². The number of nitrogens with zero attached hydrogens (tertiary/aromatic N) is 3. The van der Waals surface area contributed by atoms with E-state index in [9.17, 15) is 14.7 Å². The van der Waals surface area contributed by atoms with E-state index < -0.39 is 12.1 Å². The number of hydrogen-bond donors (Lipinski definition) is 1. The first-order valence-corrected chi connectivity index (χ1v) is 12.6. The summed E-state index contributed by atoms with van der Waals surface area (Å²) in [5.41, 5.74) is 1.36. The summed E-state index contributed by atoms with van der Waals surface area (Å²) in [5.74, 6) is 2.41. The van der Waals surface area contributed by atoms with Crippen molar-refractivity contribution >= 4 is 11.8 Å². The SMILES string of the molecule is COc1ccc(CN2CCN(C(=O)C3CC(O)CN3C(=O)c3ccc4c(c3)OCO4)CC2)c(OC)c1OC. The number of aliphatic hydroxyl groups is 1. The van der Waals surface area contributed by atoms with Gasteiger partial charge in [0.2, 0.25) is 18.4 Å². The number of rotatable bonds is 7. The summed E-state index contributed by atoms with van der Waals surface area (Å²) >= 11 is 0. The molecule has 0 bridgehead atoms. The van der Waals surface area contributed by atoms with Gasteiger partial charge in [0.25, 0.3) is 5.91 Å². The Balaban J connectivity index is 1.23. The average Bonchev–Trinajstić information content (AvgIpc) is 3.58. The highest BCUT2D eigenvalue weighted by Crippen LogP contribution is 2.40. The zero-order valence-corrected chi connectivity index (χ0v) is 21.8. The first-order valence-electron chi connectivity index (χ1n) is 12.6. The van der Waals surface area contributed by atoms with Gasteiger partial charge in [0, 0.05) is 56.8 Å². The molecule has 11 heteroatoms. The number of piperazine rings is 1. The van der Waals surface area contributed by atoms with Crippen LogP contribution in [0.15, 0.2) is 30.3 Å². The molecule has 2 amide bonds. The maximum atomic E-state index is 13.5. The Morgan fingerprint density at radius 1 is 0.947 bits per heavy atom. The molecule has 2 fully saturated rings. The van der Waals surface area contributed by atoms with Gasteiger partial charge in [-0.25, -0.2) is 0 Å². The van der Waals surface area contributed by atoms with Crippen LogP contribution < -0.4 is 23.7 Å². The number of fused-ring (bicyclic) bond motifs is 1.